The standard InChI is InChI=1S/C14H28N2O/c1-4-5-10-16(3)11-14(17)15-13-8-6-12(2)7-9-13/h12-13H,4-11H2,1-3H3,(H,15,17). The normalized spacial score (nSPS) is 24.9. The average Bonchev–Trinajstić information content (AvgIpc) is 2.29. The zero-order valence-corrected chi connectivity index (χ0v) is 11.7. The van der Waals surface area contributed by atoms with E-state index in [1.165, 1.54) is 25.7 Å². The Bertz CT molecular complexity index is 222. The molecular weight excluding hydrogens is 212 g/mol. The van der Waals surface area contributed by atoms with Crippen molar-refractivity contribution in [3.8, 4) is 0 Å². The lowest BCUT2D eigenvalue weighted by molar-refractivity contribution is -0.122. The lowest BCUT2D eigenvalue weighted by Crippen LogP contribution is -2.42. The molecule has 0 heterocycles. The van der Waals surface area contributed by atoms with Gasteiger partial charge in [0.05, 0.1) is 6.54 Å². The first-order chi connectivity index (χ1) is 8.11. The van der Waals surface area contributed by atoms with Gasteiger partial charge in [0.1, 0.15) is 0 Å². The number of nitrogens with zero attached hydrogens (tertiary/aromatic N) is 1. The molecule has 0 unspecified atom stereocenters. The van der Waals surface area contributed by atoms with E-state index in [0.717, 1.165) is 25.3 Å². The van der Waals surface area contributed by atoms with Crippen molar-refractivity contribution in [1.29, 1.82) is 0 Å². The quantitative estimate of drug-likeness (QED) is 0.773. The highest BCUT2D eigenvalue weighted by molar-refractivity contribution is 5.78. The summed E-state index contributed by atoms with van der Waals surface area (Å²) in [4.78, 5) is 13.9. The lowest BCUT2D eigenvalue weighted by atomic mass is 9.87. The molecule has 0 aromatic carbocycles. The molecule has 3 heteroatoms. The SMILES string of the molecule is CCCCN(C)CC(=O)NC1CCC(C)CC1. The minimum absolute atomic E-state index is 0.197. The third kappa shape index (κ3) is 6.06. The fourth-order valence-electron chi connectivity index (χ4n) is 2.43. The van der Waals surface area contributed by atoms with Crippen LogP contribution in [0.4, 0.5) is 0 Å². The summed E-state index contributed by atoms with van der Waals surface area (Å²) in [6, 6.07) is 0.429. The smallest absolute Gasteiger partial charge is 0.234 e. The average molecular weight is 240 g/mol. The molecule has 1 rings (SSSR count). The van der Waals surface area contributed by atoms with Crippen molar-refractivity contribution >= 4 is 5.91 Å². The first-order valence-electron chi connectivity index (χ1n) is 7.09. The van der Waals surface area contributed by atoms with E-state index in [-0.39, 0.29) is 5.91 Å². The van der Waals surface area contributed by atoms with Crippen molar-refractivity contribution < 1.29 is 4.79 Å². The van der Waals surface area contributed by atoms with Crippen LogP contribution < -0.4 is 5.32 Å². The fourth-order valence-corrected chi connectivity index (χ4v) is 2.43. The van der Waals surface area contributed by atoms with E-state index in [1.807, 2.05) is 7.05 Å². The Morgan fingerprint density at radius 3 is 2.53 bits per heavy atom. The number of rotatable bonds is 6. The van der Waals surface area contributed by atoms with Gasteiger partial charge in [0.25, 0.3) is 0 Å². The molecule has 17 heavy (non-hydrogen) atoms. The van der Waals surface area contributed by atoms with Gasteiger partial charge in [-0.05, 0) is 51.6 Å². The summed E-state index contributed by atoms with van der Waals surface area (Å²) in [5, 5.41) is 3.17. The van der Waals surface area contributed by atoms with Gasteiger partial charge >= 0.3 is 0 Å². The summed E-state index contributed by atoms with van der Waals surface area (Å²) in [5.74, 6) is 1.04. The van der Waals surface area contributed by atoms with E-state index < -0.39 is 0 Å². The van der Waals surface area contributed by atoms with Crippen LogP contribution in [0.3, 0.4) is 0 Å². The molecule has 1 aliphatic carbocycles. The zero-order chi connectivity index (χ0) is 12.7. The molecule has 0 atom stereocenters. The maximum atomic E-state index is 11.8. The van der Waals surface area contributed by atoms with Gasteiger partial charge in [0, 0.05) is 6.04 Å². The molecule has 1 fully saturated rings. The Labute approximate surface area is 106 Å². The Morgan fingerprint density at radius 2 is 1.94 bits per heavy atom. The molecule has 0 aromatic heterocycles. The second-order valence-corrected chi connectivity index (χ2v) is 5.62. The molecule has 0 radical (unpaired) electrons. The molecule has 0 bridgehead atoms. The number of hydrogen-bond donors (Lipinski definition) is 1. The first kappa shape index (κ1) is 14.5. The topological polar surface area (TPSA) is 32.3 Å². The minimum Gasteiger partial charge on any atom is -0.352 e. The van der Waals surface area contributed by atoms with Gasteiger partial charge in [-0.2, -0.15) is 0 Å². The summed E-state index contributed by atoms with van der Waals surface area (Å²) < 4.78 is 0. The summed E-state index contributed by atoms with van der Waals surface area (Å²) >= 11 is 0. The number of unbranched alkanes of at least 4 members (excludes halogenated alkanes) is 1. The predicted octanol–water partition coefficient (Wildman–Crippen LogP) is 2.41. The largest absolute Gasteiger partial charge is 0.352 e. The van der Waals surface area contributed by atoms with Crippen molar-refractivity contribution in [3.63, 3.8) is 0 Å². The molecule has 1 aliphatic rings. The van der Waals surface area contributed by atoms with Crippen molar-refractivity contribution in [2.24, 2.45) is 5.92 Å². The van der Waals surface area contributed by atoms with Crippen LogP contribution in [0.25, 0.3) is 0 Å². The van der Waals surface area contributed by atoms with Crippen LogP contribution >= 0.6 is 0 Å². The van der Waals surface area contributed by atoms with E-state index in [0.29, 0.717) is 12.6 Å². The highest BCUT2D eigenvalue weighted by atomic mass is 16.2. The Hall–Kier alpha value is -0.570. The Morgan fingerprint density at radius 1 is 1.29 bits per heavy atom. The lowest BCUT2D eigenvalue weighted by Gasteiger charge is -2.27. The predicted molar refractivity (Wildman–Crippen MR) is 72.0 cm³/mol. The van der Waals surface area contributed by atoms with Gasteiger partial charge in [-0.25, -0.2) is 0 Å². The van der Waals surface area contributed by atoms with E-state index in [9.17, 15) is 4.79 Å². The van der Waals surface area contributed by atoms with Gasteiger partial charge in [0.2, 0.25) is 5.91 Å². The highest BCUT2D eigenvalue weighted by Crippen LogP contribution is 2.23. The Kier molecular flexibility index (Phi) is 6.56. The number of likely N-dealkylation sites (N-methyl/N-ethyl adjacent to an activating group) is 1. The molecule has 0 spiro atoms. The maximum absolute atomic E-state index is 11.8. The van der Waals surface area contributed by atoms with Crippen LogP contribution in [0.5, 0.6) is 0 Å². The van der Waals surface area contributed by atoms with Crippen molar-refractivity contribution in [2.45, 2.75) is 58.4 Å². The van der Waals surface area contributed by atoms with Crippen LogP contribution in [-0.4, -0.2) is 37.0 Å². The first-order valence-corrected chi connectivity index (χ1v) is 7.09. The van der Waals surface area contributed by atoms with Gasteiger partial charge < -0.3 is 5.32 Å². The molecular formula is C14H28N2O. The van der Waals surface area contributed by atoms with Crippen LogP contribution in [0, 0.1) is 5.92 Å². The van der Waals surface area contributed by atoms with E-state index in [4.69, 9.17) is 0 Å². The molecule has 100 valence electrons. The number of nitrogens with one attached hydrogen (secondary N) is 1. The fraction of sp³-hybridized carbons (Fsp3) is 0.929. The molecule has 1 saturated carbocycles. The second kappa shape index (κ2) is 7.70. The number of carbonyl (C=O) groups excluding carboxylic acids is 1. The van der Waals surface area contributed by atoms with Gasteiger partial charge in [-0.15, -0.1) is 0 Å². The van der Waals surface area contributed by atoms with E-state index in [1.54, 1.807) is 0 Å². The van der Waals surface area contributed by atoms with E-state index >= 15 is 0 Å². The summed E-state index contributed by atoms with van der Waals surface area (Å²) in [5.41, 5.74) is 0. The van der Waals surface area contributed by atoms with Crippen LogP contribution in [-0.2, 0) is 4.79 Å². The number of hydrogen-bond acceptors (Lipinski definition) is 2. The molecule has 1 amide bonds. The second-order valence-electron chi connectivity index (χ2n) is 5.62. The molecule has 3 nitrogen and oxygen atoms in total. The van der Waals surface area contributed by atoms with Crippen LogP contribution in [0.1, 0.15) is 52.4 Å². The Balaban J connectivity index is 2.16. The van der Waals surface area contributed by atoms with Crippen molar-refractivity contribution in [2.75, 3.05) is 20.1 Å². The summed E-state index contributed by atoms with van der Waals surface area (Å²) in [7, 11) is 2.03. The van der Waals surface area contributed by atoms with Crippen molar-refractivity contribution in [1.82, 2.24) is 10.2 Å². The maximum Gasteiger partial charge on any atom is 0.234 e. The zero-order valence-electron chi connectivity index (χ0n) is 11.7. The minimum atomic E-state index is 0.197. The molecule has 0 saturated heterocycles. The van der Waals surface area contributed by atoms with Gasteiger partial charge in [0.15, 0.2) is 0 Å². The summed E-state index contributed by atoms with van der Waals surface area (Å²) in [6.07, 6.45) is 7.20. The molecule has 0 aromatic rings. The van der Waals surface area contributed by atoms with Crippen molar-refractivity contribution in [3.05, 3.63) is 0 Å². The third-order valence-corrected chi connectivity index (χ3v) is 3.69. The molecule has 0 aliphatic heterocycles. The third-order valence-electron chi connectivity index (χ3n) is 3.69. The number of carbonyl (C=O) groups is 1. The van der Waals surface area contributed by atoms with E-state index in [2.05, 4.69) is 24.1 Å². The summed E-state index contributed by atoms with van der Waals surface area (Å²) in [6.45, 7) is 6.05. The monoisotopic (exact) mass is 240 g/mol. The molecule has 1 N–H and O–H groups in total. The highest BCUT2D eigenvalue weighted by Gasteiger charge is 2.19. The van der Waals surface area contributed by atoms with Gasteiger partial charge in [-0.3, -0.25) is 9.69 Å². The van der Waals surface area contributed by atoms with Crippen LogP contribution in [0.2, 0.25) is 0 Å². The van der Waals surface area contributed by atoms with Gasteiger partial charge in [-0.1, -0.05) is 20.3 Å². The van der Waals surface area contributed by atoms with Crippen LogP contribution in [0.15, 0.2) is 0 Å². The number of amides is 1.